The van der Waals surface area contributed by atoms with Gasteiger partial charge in [-0.05, 0) is 25.0 Å². The van der Waals surface area contributed by atoms with Gasteiger partial charge >= 0.3 is 18.0 Å². The zero-order valence-electron chi connectivity index (χ0n) is 16.4. The van der Waals surface area contributed by atoms with E-state index in [-0.39, 0.29) is 48.1 Å². The molecule has 0 aliphatic carbocycles. The largest absolute Gasteiger partial charge is 0.481 e. The van der Waals surface area contributed by atoms with Crippen LogP contribution in [0.4, 0.5) is 27.9 Å². The molecule has 15 heteroatoms. The summed E-state index contributed by atoms with van der Waals surface area (Å²) in [6.45, 7) is 0. The third kappa shape index (κ3) is 6.68. The van der Waals surface area contributed by atoms with Gasteiger partial charge < -0.3 is 32.3 Å². The molecule has 0 radical (unpaired) electrons. The second kappa shape index (κ2) is 10.4. The Kier molecular flexibility index (Phi) is 7.65. The molecule has 0 aliphatic heterocycles. The Bertz CT molecular complexity index is 1080. The van der Waals surface area contributed by atoms with Crippen molar-refractivity contribution in [3.8, 4) is 0 Å². The molecular formula is C17H20N8O7. The first kappa shape index (κ1) is 23.6. The van der Waals surface area contributed by atoms with Crippen molar-refractivity contribution in [1.82, 2.24) is 20.3 Å². The number of carbonyl (C=O) groups is 4. The molecule has 3 amide bonds. The van der Waals surface area contributed by atoms with E-state index in [2.05, 4.69) is 30.9 Å². The van der Waals surface area contributed by atoms with E-state index in [1.165, 1.54) is 12.1 Å². The number of hydrogen-bond acceptors (Lipinski definition) is 9. The van der Waals surface area contributed by atoms with Crippen LogP contribution in [-0.2, 0) is 9.59 Å². The van der Waals surface area contributed by atoms with Crippen molar-refractivity contribution in [3.05, 3.63) is 34.4 Å². The smallest absolute Gasteiger partial charge is 0.326 e. The Labute approximate surface area is 179 Å². The van der Waals surface area contributed by atoms with E-state index < -0.39 is 35.5 Å². The highest BCUT2D eigenvalue weighted by molar-refractivity contribution is 6.01. The number of carboxylic acid groups (broad SMARTS) is 2. The first-order valence-electron chi connectivity index (χ1n) is 9.01. The van der Waals surface area contributed by atoms with Gasteiger partial charge in [0.25, 0.3) is 11.5 Å². The highest BCUT2D eigenvalue weighted by atomic mass is 16.4. The second-order valence-corrected chi connectivity index (χ2v) is 6.37. The Morgan fingerprint density at radius 1 is 1.12 bits per heavy atom. The summed E-state index contributed by atoms with van der Waals surface area (Å²) in [5.41, 5.74) is 9.81. The van der Waals surface area contributed by atoms with Crippen LogP contribution in [0.15, 0.2) is 23.1 Å². The Morgan fingerprint density at radius 2 is 1.84 bits per heavy atom. The molecule has 2 aromatic heterocycles. The van der Waals surface area contributed by atoms with Crippen molar-refractivity contribution in [1.29, 1.82) is 0 Å². The van der Waals surface area contributed by atoms with E-state index in [9.17, 15) is 29.1 Å². The topological polar surface area (TPSA) is 256 Å². The van der Waals surface area contributed by atoms with Crippen LogP contribution in [-0.4, -0.2) is 55.1 Å². The lowest BCUT2D eigenvalue weighted by Gasteiger charge is -2.14. The molecule has 10 N–H and O–H groups in total. The summed E-state index contributed by atoms with van der Waals surface area (Å²) >= 11 is 0. The van der Waals surface area contributed by atoms with Crippen LogP contribution in [0.25, 0.3) is 0 Å². The lowest BCUT2D eigenvalue weighted by molar-refractivity contribution is -0.140. The standard InChI is InChI=1S/C17H20N8O7/c18-12-11(14(29)25-16(19)24-12)23-17(32)21-7-4-5-8(20-6-7)13(28)22-9(15(30)31)2-1-3-10(26)27/h4-6,9H,1-3H2,(H,22,28)(H,26,27)(H,30,31)(H2,21,23,32)(H5,18,19,24,25,29). The van der Waals surface area contributed by atoms with Crippen molar-refractivity contribution >= 4 is 47.0 Å². The molecule has 170 valence electrons. The predicted octanol–water partition coefficient (Wildman–Crippen LogP) is -0.589. The van der Waals surface area contributed by atoms with Gasteiger partial charge in [0, 0.05) is 6.42 Å². The SMILES string of the molecule is Nc1nc(N)c(NC(=O)Nc2ccc(C(=O)NC(CCCC(=O)O)C(=O)O)nc2)c(=O)[nH]1. The molecule has 0 saturated carbocycles. The average Bonchev–Trinajstić information content (AvgIpc) is 2.70. The Balaban J connectivity index is 1.97. The number of rotatable bonds is 9. The summed E-state index contributed by atoms with van der Waals surface area (Å²) in [4.78, 5) is 67.5. The molecule has 0 bridgehead atoms. The van der Waals surface area contributed by atoms with E-state index in [0.29, 0.717) is 0 Å². The number of urea groups is 1. The van der Waals surface area contributed by atoms with Crippen molar-refractivity contribution < 1.29 is 29.4 Å². The van der Waals surface area contributed by atoms with E-state index in [1.54, 1.807) is 0 Å². The third-order valence-corrected chi connectivity index (χ3v) is 3.95. The molecule has 0 aromatic carbocycles. The maximum atomic E-state index is 12.2. The van der Waals surface area contributed by atoms with Crippen molar-refractivity contribution in [2.24, 2.45) is 0 Å². The molecule has 0 saturated heterocycles. The highest BCUT2D eigenvalue weighted by Crippen LogP contribution is 2.12. The van der Waals surface area contributed by atoms with Gasteiger partial charge in [-0.25, -0.2) is 14.6 Å². The molecule has 1 unspecified atom stereocenters. The predicted molar refractivity (Wildman–Crippen MR) is 111 cm³/mol. The third-order valence-electron chi connectivity index (χ3n) is 3.95. The van der Waals surface area contributed by atoms with Gasteiger partial charge in [0.2, 0.25) is 5.95 Å². The second-order valence-electron chi connectivity index (χ2n) is 6.37. The van der Waals surface area contributed by atoms with Gasteiger partial charge in [0.1, 0.15) is 11.7 Å². The number of H-pyrrole nitrogens is 1. The maximum Gasteiger partial charge on any atom is 0.326 e. The number of nitrogens with zero attached hydrogens (tertiary/aromatic N) is 2. The van der Waals surface area contributed by atoms with Gasteiger partial charge in [0.05, 0.1) is 11.9 Å². The number of nitrogens with one attached hydrogen (secondary N) is 4. The van der Waals surface area contributed by atoms with Gasteiger partial charge in [-0.15, -0.1) is 0 Å². The summed E-state index contributed by atoms with van der Waals surface area (Å²) in [6, 6.07) is 0.408. The van der Waals surface area contributed by atoms with Crippen LogP contribution in [0.1, 0.15) is 29.8 Å². The quantitative estimate of drug-likeness (QED) is 0.240. The molecule has 32 heavy (non-hydrogen) atoms. The minimum atomic E-state index is -1.31. The molecule has 0 fully saturated rings. The number of nitrogens with two attached hydrogens (primary N) is 2. The number of aromatic amines is 1. The lowest BCUT2D eigenvalue weighted by atomic mass is 10.1. The van der Waals surface area contributed by atoms with E-state index >= 15 is 0 Å². The van der Waals surface area contributed by atoms with Crippen LogP contribution < -0.4 is 33.0 Å². The normalized spacial score (nSPS) is 11.2. The van der Waals surface area contributed by atoms with Gasteiger partial charge in [-0.1, -0.05) is 0 Å². The number of carboxylic acids is 2. The average molecular weight is 448 g/mol. The minimum Gasteiger partial charge on any atom is -0.481 e. The van der Waals surface area contributed by atoms with Gasteiger partial charge in [-0.3, -0.25) is 24.7 Å². The first-order chi connectivity index (χ1) is 15.1. The van der Waals surface area contributed by atoms with Crippen molar-refractivity contribution in [2.45, 2.75) is 25.3 Å². The fraction of sp³-hybridized carbons (Fsp3) is 0.235. The molecule has 0 spiro atoms. The summed E-state index contributed by atoms with van der Waals surface area (Å²) in [5, 5.41) is 24.6. The molecule has 1 atom stereocenters. The van der Waals surface area contributed by atoms with Crippen LogP contribution in [0.3, 0.4) is 0 Å². The summed E-state index contributed by atoms with van der Waals surface area (Å²) < 4.78 is 0. The fourth-order valence-corrected chi connectivity index (χ4v) is 2.45. The number of nitrogen functional groups attached to an aromatic ring is 2. The fourth-order valence-electron chi connectivity index (χ4n) is 2.45. The van der Waals surface area contributed by atoms with E-state index in [1.807, 2.05) is 0 Å². The molecule has 2 heterocycles. The van der Waals surface area contributed by atoms with E-state index in [0.717, 1.165) is 6.20 Å². The Hall–Kier alpha value is -4.69. The van der Waals surface area contributed by atoms with Gasteiger partial charge in [0.15, 0.2) is 11.5 Å². The molecular weight excluding hydrogens is 428 g/mol. The number of carbonyl (C=O) groups excluding carboxylic acids is 2. The summed E-state index contributed by atoms with van der Waals surface area (Å²) in [7, 11) is 0. The van der Waals surface area contributed by atoms with Crippen LogP contribution in [0, 0.1) is 0 Å². The highest BCUT2D eigenvalue weighted by Gasteiger charge is 2.21. The number of hydrogen-bond donors (Lipinski definition) is 8. The summed E-state index contributed by atoms with van der Waals surface area (Å²) in [5.74, 6) is -3.69. The number of pyridine rings is 1. The Morgan fingerprint density at radius 3 is 2.41 bits per heavy atom. The minimum absolute atomic E-state index is 0.0643. The molecule has 15 nitrogen and oxygen atoms in total. The summed E-state index contributed by atoms with van der Waals surface area (Å²) in [6.07, 6.45) is 0.887. The number of aromatic nitrogens is 3. The molecule has 2 rings (SSSR count). The molecule has 2 aromatic rings. The maximum absolute atomic E-state index is 12.2. The first-order valence-corrected chi connectivity index (χ1v) is 9.01. The number of amides is 3. The zero-order chi connectivity index (χ0) is 23.8. The number of aliphatic carboxylic acids is 2. The number of anilines is 4. The lowest BCUT2D eigenvalue weighted by Crippen LogP contribution is -2.41. The van der Waals surface area contributed by atoms with Crippen molar-refractivity contribution in [3.63, 3.8) is 0 Å². The van der Waals surface area contributed by atoms with Crippen LogP contribution in [0.5, 0.6) is 0 Å². The van der Waals surface area contributed by atoms with Crippen molar-refractivity contribution in [2.75, 3.05) is 22.1 Å². The van der Waals surface area contributed by atoms with Crippen LogP contribution >= 0.6 is 0 Å². The van der Waals surface area contributed by atoms with Gasteiger partial charge in [-0.2, -0.15) is 4.98 Å². The van der Waals surface area contributed by atoms with E-state index in [4.69, 9.17) is 16.6 Å². The monoisotopic (exact) mass is 448 g/mol. The van der Waals surface area contributed by atoms with Crippen LogP contribution in [0.2, 0.25) is 0 Å². The zero-order valence-corrected chi connectivity index (χ0v) is 16.4. The molecule has 0 aliphatic rings.